The molecule has 0 aliphatic carbocycles. The Morgan fingerprint density at radius 2 is 1.83 bits per heavy atom. The summed E-state index contributed by atoms with van der Waals surface area (Å²) in [5, 5.41) is 19.3. The molecule has 1 aliphatic heterocycles. The van der Waals surface area contributed by atoms with Crippen LogP contribution in [-0.2, 0) is 16.0 Å². The molecule has 1 aliphatic rings. The molecule has 2 heterocycles. The van der Waals surface area contributed by atoms with Crippen LogP contribution in [0.15, 0.2) is 30.5 Å². The smallest absolute Gasteiger partial charge is 0.292 e. The van der Waals surface area contributed by atoms with E-state index in [-0.39, 0.29) is 22.2 Å². The number of carbonyl (C=O) groups excluding carboxylic acids is 1. The Balaban J connectivity index is 1.60. The number of rotatable bonds is 9. The molecule has 0 spiro atoms. The van der Waals surface area contributed by atoms with Crippen molar-refractivity contribution < 1.29 is 19.2 Å². The van der Waals surface area contributed by atoms with E-state index >= 15 is 0 Å². The van der Waals surface area contributed by atoms with E-state index in [0.29, 0.717) is 51.6 Å². The fourth-order valence-corrected chi connectivity index (χ4v) is 3.36. The average molecular weight is 418 g/mol. The van der Waals surface area contributed by atoms with Gasteiger partial charge in [0, 0.05) is 45.5 Å². The van der Waals surface area contributed by atoms with Crippen molar-refractivity contribution >= 4 is 17.3 Å². The number of ether oxygens (including phenoxy) is 2. The van der Waals surface area contributed by atoms with Crippen LogP contribution >= 0.6 is 0 Å². The monoisotopic (exact) mass is 418 g/mol. The molecule has 0 radical (unpaired) electrons. The number of nitro benzene ring substituents is 1. The van der Waals surface area contributed by atoms with Crippen molar-refractivity contribution in [3.8, 4) is 0 Å². The van der Waals surface area contributed by atoms with Crippen LogP contribution in [0.5, 0.6) is 0 Å². The van der Waals surface area contributed by atoms with Gasteiger partial charge in [-0.3, -0.25) is 14.9 Å². The summed E-state index contributed by atoms with van der Waals surface area (Å²) in [5.41, 5.74) is 0.887. The van der Waals surface area contributed by atoms with Gasteiger partial charge in [-0.2, -0.15) is 0 Å². The minimum atomic E-state index is -0.449. The molecule has 1 saturated heterocycles. The summed E-state index contributed by atoms with van der Waals surface area (Å²) in [6.45, 7) is 7.01. The van der Waals surface area contributed by atoms with Crippen LogP contribution in [-0.4, -0.2) is 76.4 Å². The molecule has 0 bridgehead atoms. The molecule has 11 heteroatoms. The maximum atomic E-state index is 12.8. The fourth-order valence-electron chi connectivity index (χ4n) is 3.36. The van der Waals surface area contributed by atoms with E-state index in [1.165, 1.54) is 10.7 Å². The summed E-state index contributed by atoms with van der Waals surface area (Å²) in [6, 6.07) is 6.64. The van der Waals surface area contributed by atoms with E-state index in [1.54, 1.807) is 29.3 Å². The number of hydrogen-bond acceptors (Lipinski definition) is 8. The van der Waals surface area contributed by atoms with E-state index in [9.17, 15) is 14.9 Å². The summed E-state index contributed by atoms with van der Waals surface area (Å²) >= 11 is 0. The quantitative estimate of drug-likeness (QED) is 0.342. The van der Waals surface area contributed by atoms with Crippen LogP contribution in [0, 0.1) is 10.1 Å². The highest BCUT2D eigenvalue weighted by molar-refractivity contribution is 5.92. The Kier molecular flexibility index (Phi) is 7.31. The number of para-hydroxylation sites is 2. The molecule has 11 nitrogen and oxygen atoms in total. The first-order valence-corrected chi connectivity index (χ1v) is 9.94. The number of hydrogen-bond donors (Lipinski definition) is 0. The van der Waals surface area contributed by atoms with Crippen molar-refractivity contribution in [2.24, 2.45) is 0 Å². The number of carbonyl (C=O) groups is 1. The fraction of sp³-hybridized carbons (Fsp3) is 0.526. The van der Waals surface area contributed by atoms with Gasteiger partial charge in [0.2, 0.25) is 0 Å². The van der Waals surface area contributed by atoms with Crippen LogP contribution < -0.4 is 4.90 Å². The van der Waals surface area contributed by atoms with Gasteiger partial charge < -0.3 is 19.3 Å². The zero-order valence-corrected chi connectivity index (χ0v) is 17.1. The number of amides is 1. The van der Waals surface area contributed by atoms with Crippen molar-refractivity contribution in [2.45, 2.75) is 26.7 Å². The lowest BCUT2D eigenvalue weighted by atomic mass is 10.2. The Hall–Kier alpha value is -3.05. The van der Waals surface area contributed by atoms with Gasteiger partial charge in [-0.1, -0.05) is 17.3 Å². The van der Waals surface area contributed by atoms with Crippen LogP contribution in [0.4, 0.5) is 11.4 Å². The zero-order valence-electron chi connectivity index (χ0n) is 17.1. The molecule has 1 fully saturated rings. The SMILES string of the molecule is CCOC(Cn1cc(C(=O)N2CCN(c3ccccc3[N+](=O)[O-])CC2)nn1)OCC. The number of benzene rings is 1. The molecule has 1 aromatic carbocycles. The topological polar surface area (TPSA) is 116 Å². The predicted molar refractivity (Wildman–Crippen MR) is 108 cm³/mol. The van der Waals surface area contributed by atoms with Crippen LogP contribution in [0.2, 0.25) is 0 Å². The summed E-state index contributed by atoms with van der Waals surface area (Å²) < 4.78 is 12.5. The lowest BCUT2D eigenvalue weighted by Crippen LogP contribution is -2.49. The highest BCUT2D eigenvalue weighted by Gasteiger charge is 2.27. The third-order valence-electron chi connectivity index (χ3n) is 4.79. The molecule has 30 heavy (non-hydrogen) atoms. The number of anilines is 1. The molecule has 1 amide bonds. The van der Waals surface area contributed by atoms with E-state index in [0.717, 1.165) is 0 Å². The van der Waals surface area contributed by atoms with Crippen molar-refractivity contribution in [1.29, 1.82) is 0 Å². The second-order valence-corrected chi connectivity index (χ2v) is 6.69. The Labute approximate surface area is 174 Å². The lowest BCUT2D eigenvalue weighted by molar-refractivity contribution is -0.384. The minimum Gasteiger partial charge on any atom is -0.362 e. The number of nitrogens with zero attached hydrogens (tertiary/aromatic N) is 6. The predicted octanol–water partition coefficient (Wildman–Crippen LogP) is 1.55. The second kappa shape index (κ2) is 10.1. The minimum absolute atomic E-state index is 0.0679. The van der Waals surface area contributed by atoms with Gasteiger partial charge in [0.15, 0.2) is 12.0 Å². The standard InChI is InChI=1S/C19H26N6O5/c1-3-29-18(30-4-2)14-24-13-15(20-21-24)19(26)23-11-9-22(10-12-23)16-7-5-6-8-17(16)25(27)28/h5-8,13,18H,3-4,9-12,14H2,1-2H3. The molecule has 2 aromatic rings. The summed E-state index contributed by atoms with van der Waals surface area (Å²) in [7, 11) is 0. The lowest BCUT2D eigenvalue weighted by Gasteiger charge is -2.35. The van der Waals surface area contributed by atoms with Crippen LogP contribution in [0.1, 0.15) is 24.3 Å². The van der Waals surface area contributed by atoms with Gasteiger partial charge >= 0.3 is 0 Å². The van der Waals surface area contributed by atoms with Crippen LogP contribution in [0.3, 0.4) is 0 Å². The zero-order chi connectivity index (χ0) is 21.5. The van der Waals surface area contributed by atoms with E-state index < -0.39 is 6.29 Å². The third-order valence-corrected chi connectivity index (χ3v) is 4.79. The maximum Gasteiger partial charge on any atom is 0.292 e. The molecule has 0 unspecified atom stereocenters. The Bertz CT molecular complexity index is 859. The van der Waals surface area contributed by atoms with Crippen molar-refractivity contribution in [1.82, 2.24) is 19.9 Å². The second-order valence-electron chi connectivity index (χ2n) is 6.69. The number of piperazine rings is 1. The van der Waals surface area contributed by atoms with Gasteiger partial charge in [0.1, 0.15) is 5.69 Å². The summed E-state index contributed by atoms with van der Waals surface area (Å²) in [5.74, 6) is -0.215. The first kappa shape index (κ1) is 21.7. The molecular formula is C19H26N6O5. The molecule has 3 rings (SSSR count). The number of aromatic nitrogens is 3. The van der Waals surface area contributed by atoms with E-state index in [2.05, 4.69) is 10.3 Å². The van der Waals surface area contributed by atoms with Crippen molar-refractivity contribution in [3.63, 3.8) is 0 Å². The van der Waals surface area contributed by atoms with Gasteiger partial charge in [0.25, 0.3) is 11.6 Å². The van der Waals surface area contributed by atoms with E-state index in [4.69, 9.17) is 9.47 Å². The maximum absolute atomic E-state index is 12.8. The first-order chi connectivity index (χ1) is 14.5. The third kappa shape index (κ3) is 5.10. The molecular weight excluding hydrogens is 392 g/mol. The van der Waals surface area contributed by atoms with E-state index in [1.807, 2.05) is 18.7 Å². The molecule has 0 N–H and O–H groups in total. The molecule has 1 aromatic heterocycles. The van der Waals surface area contributed by atoms with Gasteiger partial charge in [0.05, 0.1) is 17.7 Å². The average Bonchev–Trinajstić information content (AvgIpc) is 3.22. The molecule has 162 valence electrons. The normalized spacial score (nSPS) is 14.4. The largest absolute Gasteiger partial charge is 0.362 e. The van der Waals surface area contributed by atoms with Gasteiger partial charge in [-0.25, -0.2) is 4.68 Å². The number of nitro groups is 1. The first-order valence-electron chi connectivity index (χ1n) is 9.94. The van der Waals surface area contributed by atoms with Gasteiger partial charge in [-0.05, 0) is 19.9 Å². The summed E-state index contributed by atoms with van der Waals surface area (Å²) in [4.78, 5) is 27.3. The molecule has 0 atom stereocenters. The van der Waals surface area contributed by atoms with Gasteiger partial charge in [-0.15, -0.1) is 5.10 Å². The van der Waals surface area contributed by atoms with Crippen LogP contribution in [0.25, 0.3) is 0 Å². The highest BCUT2D eigenvalue weighted by Crippen LogP contribution is 2.28. The van der Waals surface area contributed by atoms with Crippen molar-refractivity contribution in [3.05, 3.63) is 46.3 Å². The Morgan fingerprint density at radius 3 is 2.47 bits per heavy atom. The Morgan fingerprint density at radius 1 is 1.17 bits per heavy atom. The molecule has 0 saturated carbocycles. The van der Waals surface area contributed by atoms with Crippen molar-refractivity contribution in [2.75, 3.05) is 44.3 Å². The highest BCUT2D eigenvalue weighted by atomic mass is 16.7. The summed E-state index contributed by atoms with van der Waals surface area (Å²) in [6.07, 6.45) is 1.14.